The zero-order valence-electron chi connectivity index (χ0n) is 16.9. The summed E-state index contributed by atoms with van der Waals surface area (Å²) in [7, 11) is 6.21. The molecule has 0 spiro atoms. The summed E-state index contributed by atoms with van der Waals surface area (Å²) in [6.45, 7) is 0.353. The first-order valence-corrected chi connectivity index (χ1v) is 9.06. The predicted octanol–water partition coefficient (Wildman–Crippen LogP) is 2.56. The molecule has 3 amide bonds. The zero-order chi connectivity index (χ0) is 21.0. The molecule has 0 aliphatic carbocycles. The maximum Gasteiger partial charge on any atom is 0.325 e. The molecule has 0 radical (unpaired) electrons. The summed E-state index contributed by atoms with van der Waals surface area (Å²) in [6, 6.07) is 9.62. The highest BCUT2D eigenvalue weighted by Crippen LogP contribution is 2.34. The highest BCUT2D eigenvalue weighted by molar-refractivity contribution is 6.04. The summed E-state index contributed by atoms with van der Waals surface area (Å²) in [5.74, 6) is 1.93. The monoisotopic (exact) mass is 400 g/mol. The summed E-state index contributed by atoms with van der Waals surface area (Å²) in [5, 5.41) is 2.39. The van der Waals surface area contributed by atoms with Crippen LogP contribution in [-0.4, -0.2) is 51.8 Å². The minimum absolute atomic E-state index is 0.353. The molecule has 8 heteroatoms. The van der Waals surface area contributed by atoms with Gasteiger partial charge in [-0.25, -0.2) is 4.79 Å². The second kappa shape index (κ2) is 8.72. The van der Waals surface area contributed by atoms with Gasteiger partial charge in [0.15, 0.2) is 23.0 Å². The number of amides is 3. The second-order valence-corrected chi connectivity index (χ2v) is 6.44. The van der Waals surface area contributed by atoms with Gasteiger partial charge in [-0.1, -0.05) is 12.1 Å². The van der Waals surface area contributed by atoms with Crippen LogP contribution < -0.4 is 24.3 Å². The first kappa shape index (κ1) is 20.3. The van der Waals surface area contributed by atoms with E-state index in [2.05, 4.69) is 5.32 Å². The molecular formula is C21H24N2O6. The fourth-order valence-corrected chi connectivity index (χ4v) is 3.37. The molecule has 1 saturated heterocycles. The smallest absolute Gasteiger partial charge is 0.325 e. The molecule has 1 fully saturated rings. The summed E-state index contributed by atoms with van der Waals surface area (Å²) >= 11 is 0. The molecule has 0 saturated carbocycles. The van der Waals surface area contributed by atoms with Crippen LogP contribution in [0.4, 0.5) is 4.79 Å². The molecular weight excluding hydrogens is 376 g/mol. The van der Waals surface area contributed by atoms with Gasteiger partial charge in [-0.2, -0.15) is 0 Å². The molecule has 8 nitrogen and oxygen atoms in total. The standard InChI is InChI=1S/C21H24N2O6/c1-26-15-7-5-13(11-17(15)28-3)9-10-23-19(20(24)22-21(23)25)14-6-8-16(27-2)18(12-14)29-4/h5-8,11-12,19H,9-10H2,1-4H3,(H,22,24,25). The lowest BCUT2D eigenvalue weighted by atomic mass is 10.0. The SMILES string of the molecule is COc1ccc(CCN2C(=O)NC(=O)C2c2ccc(OC)c(OC)c2)cc1OC. The molecule has 2 aromatic carbocycles. The number of nitrogens with one attached hydrogen (secondary N) is 1. The number of imide groups is 1. The van der Waals surface area contributed by atoms with Crippen LogP contribution in [0, 0.1) is 0 Å². The number of hydrogen-bond donors (Lipinski definition) is 1. The molecule has 1 aliphatic heterocycles. The summed E-state index contributed by atoms with van der Waals surface area (Å²) in [4.78, 5) is 26.4. The summed E-state index contributed by atoms with van der Waals surface area (Å²) in [6.07, 6.45) is 0.546. The van der Waals surface area contributed by atoms with Gasteiger partial charge in [-0.3, -0.25) is 10.1 Å². The van der Waals surface area contributed by atoms with Crippen LogP contribution in [0.15, 0.2) is 36.4 Å². The minimum Gasteiger partial charge on any atom is -0.493 e. The van der Waals surface area contributed by atoms with Crippen LogP contribution in [0.5, 0.6) is 23.0 Å². The Labute approximate surface area is 169 Å². The molecule has 29 heavy (non-hydrogen) atoms. The van der Waals surface area contributed by atoms with E-state index in [0.29, 0.717) is 41.5 Å². The Kier molecular flexibility index (Phi) is 6.11. The van der Waals surface area contributed by atoms with Crippen LogP contribution in [0.2, 0.25) is 0 Å². The highest BCUT2D eigenvalue weighted by atomic mass is 16.5. The molecule has 1 unspecified atom stereocenters. The molecule has 2 aromatic rings. The zero-order valence-corrected chi connectivity index (χ0v) is 16.9. The molecule has 0 aromatic heterocycles. The van der Waals surface area contributed by atoms with Crippen LogP contribution >= 0.6 is 0 Å². The van der Waals surface area contributed by atoms with Crippen LogP contribution in [0.25, 0.3) is 0 Å². The number of methoxy groups -OCH3 is 4. The van der Waals surface area contributed by atoms with E-state index < -0.39 is 12.1 Å². The van der Waals surface area contributed by atoms with E-state index >= 15 is 0 Å². The lowest BCUT2D eigenvalue weighted by Gasteiger charge is -2.23. The van der Waals surface area contributed by atoms with Crippen molar-refractivity contribution in [2.75, 3.05) is 35.0 Å². The van der Waals surface area contributed by atoms with E-state index in [-0.39, 0.29) is 5.91 Å². The van der Waals surface area contributed by atoms with Crippen molar-refractivity contribution in [2.24, 2.45) is 0 Å². The van der Waals surface area contributed by atoms with Crippen LogP contribution in [0.1, 0.15) is 17.2 Å². The van der Waals surface area contributed by atoms with Gasteiger partial charge in [0.2, 0.25) is 0 Å². The van der Waals surface area contributed by atoms with Crippen molar-refractivity contribution in [3.8, 4) is 23.0 Å². The number of rotatable bonds is 8. The molecule has 154 valence electrons. The quantitative estimate of drug-likeness (QED) is 0.686. The van der Waals surface area contributed by atoms with E-state index in [9.17, 15) is 9.59 Å². The molecule has 1 atom stereocenters. The molecule has 0 bridgehead atoms. The highest BCUT2D eigenvalue weighted by Gasteiger charge is 2.39. The number of hydrogen-bond acceptors (Lipinski definition) is 6. The van der Waals surface area contributed by atoms with Crippen molar-refractivity contribution in [1.82, 2.24) is 10.2 Å². The molecule has 3 rings (SSSR count). The van der Waals surface area contributed by atoms with Crippen molar-refractivity contribution in [2.45, 2.75) is 12.5 Å². The molecule has 1 aliphatic rings. The van der Waals surface area contributed by atoms with E-state index in [1.807, 2.05) is 18.2 Å². The predicted molar refractivity (Wildman–Crippen MR) is 106 cm³/mol. The maximum absolute atomic E-state index is 12.5. The van der Waals surface area contributed by atoms with Crippen molar-refractivity contribution in [3.05, 3.63) is 47.5 Å². The minimum atomic E-state index is -0.734. The Bertz CT molecular complexity index is 914. The average molecular weight is 400 g/mol. The number of carbonyl (C=O) groups is 2. The second-order valence-electron chi connectivity index (χ2n) is 6.44. The van der Waals surface area contributed by atoms with Gasteiger partial charge in [0, 0.05) is 6.54 Å². The van der Waals surface area contributed by atoms with E-state index in [1.165, 1.54) is 12.0 Å². The van der Waals surface area contributed by atoms with Gasteiger partial charge in [-0.15, -0.1) is 0 Å². The Morgan fingerprint density at radius 1 is 0.828 bits per heavy atom. The Hall–Kier alpha value is -3.42. The van der Waals surface area contributed by atoms with Gasteiger partial charge in [0.25, 0.3) is 5.91 Å². The van der Waals surface area contributed by atoms with Crippen molar-refractivity contribution < 1.29 is 28.5 Å². The largest absolute Gasteiger partial charge is 0.493 e. The topological polar surface area (TPSA) is 86.3 Å². The normalized spacial score (nSPS) is 15.9. The Morgan fingerprint density at radius 3 is 2.03 bits per heavy atom. The van der Waals surface area contributed by atoms with Gasteiger partial charge in [0.05, 0.1) is 28.4 Å². The lowest BCUT2D eigenvalue weighted by molar-refractivity contribution is -0.121. The molecule has 1 N–H and O–H groups in total. The van der Waals surface area contributed by atoms with Gasteiger partial charge >= 0.3 is 6.03 Å². The number of carbonyl (C=O) groups excluding carboxylic acids is 2. The Balaban J connectivity index is 1.82. The van der Waals surface area contributed by atoms with Gasteiger partial charge in [-0.05, 0) is 41.8 Å². The number of benzene rings is 2. The van der Waals surface area contributed by atoms with Gasteiger partial charge < -0.3 is 23.8 Å². The van der Waals surface area contributed by atoms with E-state index in [4.69, 9.17) is 18.9 Å². The fourth-order valence-electron chi connectivity index (χ4n) is 3.37. The Morgan fingerprint density at radius 2 is 1.41 bits per heavy atom. The summed E-state index contributed by atoms with van der Waals surface area (Å²) < 4.78 is 21.1. The van der Waals surface area contributed by atoms with Crippen LogP contribution in [-0.2, 0) is 11.2 Å². The average Bonchev–Trinajstić information content (AvgIpc) is 3.04. The van der Waals surface area contributed by atoms with E-state index in [0.717, 1.165) is 5.56 Å². The van der Waals surface area contributed by atoms with Crippen molar-refractivity contribution >= 4 is 11.9 Å². The van der Waals surface area contributed by atoms with Crippen molar-refractivity contribution in [3.63, 3.8) is 0 Å². The van der Waals surface area contributed by atoms with Crippen molar-refractivity contribution in [1.29, 1.82) is 0 Å². The van der Waals surface area contributed by atoms with Crippen LogP contribution in [0.3, 0.4) is 0 Å². The first-order valence-electron chi connectivity index (χ1n) is 9.06. The number of ether oxygens (including phenoxy) is 4. The molecule has 1 heterocycles. The fraction of sp³-hybridized carbons (Fsp3) is 0.333. The third-order valence-corrected chi connectivity index (χ3v) is 4.86. The maximum atomic E-state index is 12.5. The number of nitrogens with zero attached hydrogens (tertiary/aromatic N) is 1. The van der Waals surface area contributed by atoms with Gasteiger partial charge in [0.1, 0.15) is 6.04 Å². The third kappa shape index (κ3) is 4.06. The third-order valence-electron chi connectivity index (χ3n) is 4.86. The number of urea groups is 1. The first-order chi connectivity index (χ1) is 14.0. The lowest BCUT2D eigenvalue weighted by Crippen LogP contribution is -2.31. The van der Waals surface area contributed by atoms with E-state index in [1.54, 1.807) is 39.5 Å². The summed E-state index contributed by atoms with van der Waals surface area (Å²) in [5.41, 5.74) is 1.61.